The molecule has 1 rings (SSSR count). The molecule has 1 saturated heterocycles. The highest BCUT2D eigenvalue weighted by atomic mass is 16.6. The van der Waals surface area contributed by atoms with E-state index in [2.05, 4.69) is 16.0 Å². The van der Waals surface area contributed by atoms with Crippen LogP contribution in [0.15, 0.2) is 0 Å². The number of ether oxygens (including phenoxy) is 1. The molecule has 0 spiro atoms. The maximum Gasteiger partial charge on any atom is 0.245 e. The van der Waals surface area contributed by atoms with Crippen LogP contribution in [-0.2, 0) is 28.7 Å². The lowest BCUT2D eigenvalue weighted by molar-refractivity contribution is -0.141. The van der Waals surface area contributed by atoms with Crippen LogP contribution in [-0.4, -0.2) is 88.9 Å². The molecule has 1 heterocycles. The Kier molecular flexibility index (Phi) is 13.0. The minimum atomic E-state index is -1.36. The van der Waals surface area contributed by atoms with Gasteiger partial charge in [-0.3, -0.25) is 24.0 Å². The van der Waals surface area contributed by atoms with Gasteiger partial charge in [0.2, 0.25) is 23.6 Å². The first-order valence-corrected chi connectivity index (χ1v) is 14.0. The average molecular weight is 555 g/mol. The number of nitrogens with one attached hydrogen (secondary N) is 3. The SMILES string of the molecule is CCC(C)[C@H](NC(=O)[C@H](C(C)CC)N(C)C(C)=O)C(=O)N[C@H](C(=O)N[C@@H](CC(C)C)C(=O)C1(C)CO1)[C@@H](C)O. The van der Waals surface area contributed by atoms with Crippen LogP contribution in [0.3, 0.4) is 0 Å². The summed E-state index contributed by atoms with van der Waals surface area (Å²) in [6.07, 6.45) is 0.280. The zero-order chi connectivity index (χ0) is 30.2. The fourth-order valence-electron chi connectivity index (χ4n) is 4.41. The topological polar surface area (TPSA) is 157 Å². The predicted octanol–water partition coefficient (Wildman–Crippen LogP) is 1.16. The highest BCUT2D eigenvalue weighted by Crippen LogP contribution is 2.29. The molecule has 4 N–H and O–H groups in total. The smallest absolute Gasteiger partial charge is 0.245 e. The first kappa shape index (κ1) is 34.5. The van der Waals surface area contributed by atoms with Gasteiger partial charge in [-0.15, -0.1) is 0 Å². The van der Waals surface area contributed by atoms with E-state index in [1.165, 1.54) is 18.7 Å². The Morgan fingerprint density at radius 2 is 1.36 bits per heavy atom. The van der Waals surface area contributed by atoms with E-state index < -0.39 is 53.6 Å². The predicted molar refractivity (Wildman–Crippen MR) is 147 cm³/mol. The number of carbonyl (C=O) groups is 5. The lowest BCUT2D eigenvalue weighted by Gasteiger charge is -2.34. The number of aliphatic hydroxyl groups is 1. The summed E-state index contributed by atoms with van der Waals surface area (Å²) in [7, 11) is 1.55. The average Bonchev–Trinajstić information content (AvgIpc) is 3.61. The zero-order valence-electron chi connectivity index (χ0n) is 25.3. The van der Waals surface area contributed by atoms with Gasteiger partial charge in [-0.25, -0.2) is 0 Å². The van der Waals surface area contributed by atoms with Crippen LogP contribution in [0.25, 0.3) is 0 Å². The molecular formula is C28H50N4O7. The summed E-state index contributed by atoms with van der Waals surface area (Å²) in [4.78, 5) is 66.4. The van der Waals surface area contributed by atoms with Crippen LogP contribution < -0.4 is 16.0 Å². The van der Waals surface area contributed by atoms with Gasteiger partial charge in [0.25, 0.3) is 0 Å². The van der Waals surface area contributed by atoms with E-state index in [1.807, 2.05) is 34.6 Å². The number of aliphatic hydroxyl groups excluding tert-OH is 1. The molecule has 0 aromatic carbocycles. The molecule has 0 aromatic heterocycles. The normalized spacial score (nSPS) is 21.9. The number of hydrogen-bond donors (Lipinski definition) is 4. The van der Waals surface area contributed by atoms with Crippen LogP contribution in [0.5, 0.6) is 0 Å². The molecule has 0 saturated carbocycles. The van der Waals surface area contributed by atoms with Gasteiger partial charge in [0.15, 0.2) is 5.78 Å². The second-order valence-electron chi connectivity index (χ2n) is 11.6. The number of amides is 4. The van der Waals surface area contributed by atoms with Crippen LogP contribution in [0.4, 0.5) is 0 Å². The van der Waals surface area contributed by atoms with Crippen LogP contribution in [0.2, 0.25) is 0 Å². The summed E-state index contributed by atoms with van der Waals surface area (Å²) in [5.74, 6) is -2.73. The molecule has 0 aromatic rings. The fourth-order valence-corrected chi connectivity index (χ4v) is 4.41. The van der Waals surface area contributed by atoms with Gasteiger partial charge in [0.1, 0.15) is 23.7 Å². The maximum absolute atomic E-state index is 13.4. The van der Waals surface area contributed by atoms with Crippen LogP contribution in [0.1, 0.15) is 81.6 Å². The van der Waals surface area contributed by atoms with Gasteiger partial charge in [-0.05, 0) is 38.0 Å². The van der Waals surface area contributed by atoms with E-state index in [0.29, 0.717) is 19.3 Å². The molecule has 4 amide bonds. The molecule has 1 fully saturated rings. The van der Waals surface area contributed by atoms with E-state index in [9.17, 15) is 29.1 Å². The monoisotopic (exact) mass is 554 g/mol. The van der Waals surface area contributed by atoms with Crippen LogP contribution >= 0.6 is 0 Å². The molecule has 1 aliphatic heterocycles. The van der Waals surface area contributed by atoms with Gasteiger partial charge in [-0.1, -0.05) is 54.4 Å². The van der Waals surface area contributed by atoms with Crippen molar-refractivity contribution in [1.82, 2.24) is 20.9 Å². The summed E-state index contributed by atoms with van der Waals surface area (Å²) in [5, 5.41) is 18.5. The Balaban J connectivity index is 3.15. The lowest BCUT2D eigenvalue weighted by Crippen LogP contribution is -2.62. The van der Waals surface area contributed by atoms with Gasteiger partial charge in [0.05, 0.1) is 18.8 Å². The molecule has 11 nitrogen and oxygen atoms in total. The summed E-state index contributed by atoms with van der Waals surface area (Å²) in [6.45, 7) is 16.0. The number of likely N-dealkylation sites (N-methyl/N-ethyl adjacent to an activating group) is 1. The first-order chi connectivity index (χ1) is 18.0. The van der Waals surface area contributed by atoms with Crippen molar-refractivity contribution in [1.29, 1.82) is 0 Å². The highest BCUT2D eigenvalue weighted by Gasteiger charge is 2.50. The Morgan fingerprint density at radius 3 is 1.77 bits per heavy atom. The number of nitrogens with zero attached hydrogens (tertiary/aromatic N) is 1. The molecule has 1 aliphatic rings. The lowest BCUT2D eigenvalue weighted by atomic mass is 9.92. The second-order valence-corrected chi connectivity index (χ2v) is 11.6. The number of carbonyl (C=O) groups excluding carboxylic acids is 5. The van der Waals surface area contributed by atoms with Gasteiger partial charge >= 0.3 is 0 Å². The Hall–Kier alpha value is -2.53. The largest absolute Gasteiger partial charge is 0.391 e. The maximum atomic E-state index is 13.4. The number of Topliss-reactive ketones (excluding diaryl/α,β-unsaturated/α-hetero) is 1. The molecule has 39 heavy (non-hydrogen) atoms. The third-order valence-corrected chi connectivity index (χ3v) is 7.66. The number of rotatable bonds is 16. The van der Waals surface area contributed by atoms with Gasteiger partial charge < -0.3 is 30.7 Å². The van der Waals surface area contributed by atoms with Crippen molar-refractivity contribution in [3.8, 4) is 0 Å². The molecule has 224 valence electrons. The number of epoxide rings is 1. The van der Waals surface area contributed by atoms with Crippen molar-refractivity contribution < 1.29 is 33.8 Å². The van der Waals surface area contributed by atoms with Gasteiger partial charge in [0, 0.05) is 14.0 Å². The van der Waals surface area contributed by atoms with Crippen molar-refractivity contribution in [2.75, 3.05) is 13.7 Å². The zero-order valence-corrected chi connectivity index (χ0v) is 25.3. The minimum Gasteiger partial charge on any atom is -0.391 e. The van der Waals surface area contributed by atoms with E-state index in [1.54, 1.807) is 20.9 Å². The quantitative estimate of drug-likeness (QED) is 0.209. The summed E-state index contributed by atoms with van der Waals surface area (Å²) in [5.41, 5.74) is -0.943. The Labute approximate surface area is 233 Å². The van der Waals surface area contributed by atoms with E-state index in [-0.39, 0.29) is 36.1 Å². The first-order valence-electron chi connectivity index (χ1n) is 14.0. The minimum absolute atomic E-state index is 0.0952. The molecule has 11 heteroatoms. The summed E-state index contributed by atoms with van der Waals surface area (Å²) >= 11 is 0. The standard InChI is InChI=1S/C28H50N4O7/c1-11-16(5)21(30-27(38)23(17(6)12-2)32(10)19(8)34)25(36)31-22(18(7)33)26(37)29-20(13-15(3)4)24(35)28(9)14-39-28/h15-18,20-23,33H,11-14H2,1-10H3,(H,29,37)(H,30,38)(H,31,36)/t16?,17?,18-,20+,21+,22+,23+,28?/m1/s1. The number of ketones is 1. The summed E-state index contributed by atoms with van der Waals surface area (Å²) < 4.78 is 5.27. The van der Waals surface area contributed by atoms with Crippen molar-refractivity contribution in [3.05, 3.63) is 0 Å². The molecule has 0 radical (unpaired) electrons. The Bertz CT molecular complexity index is 887. The summed E-state index contributed by atoms with van der Waals surface area (Å²) in [6, 6.07) is -4.00. The highest BCUT2D eigenvalue weighted by molar-refractivity contribution is 5.99. The third-order valence-electron chi connectivity index (χ3n) is 7.66. The molecule has 0 aliphatic carbocycles. The van der Waals surface area contributed by atoms with E-state index in [4.69, 9.17) is 4.74 Å². The van der Waals surface area contributed by atoms with E-state index in [0.717, 1.165) is 0 Å². The van der Waals surface area contributed by atoms with Crippen LogP contribution in [0, 0.1) is 17.8 Å². The second kappa shape index (κ2) is 14.7. The number of hydrogen-bond acceptors (Lipinski definition) is 7. The van der Waals surface area contributed by atoms with E-state index >= 15 is 0 Å². The van der Waals surface area contributed by atoms with Crippen molar-refractivity contribution >= 4 is 29.4 Å². The van der Waals surface area contributed by atoms with Gasteiger partial charge in [-0.2, -0.15) is 0 Å². The molecule has 8 atom stereocenters. The van der Waals surface area contributed by atoms with Crippen molar-refractivity contribution in [3.63, 3.8) is 0 Å². The molecule has 3 unspecified atom stereocenters. The van der Waals surface area contributed by atoms with Crippen molar-refractivity contribution in [2.45, 2.75) is 117 Å². The third kappa shape index (κ3) is 9.56. The molecule has 0 bridgehead atoms. The molecular weight excluding hydrogens is 504 g/mol. The van der Waals surface area contributed by atoms with Crippen molar-refractivity contribution in [2.24, 2.45) is 17.8 Å². The Morgan fingerprint density at radius 1 is 0.872 bits per heavy atom. The fraction of sp³-hybridized carbons (Fsp3) is 0.821.